The molecule has 1 heterocycles. The third-order valence-corrected chi connectivity index (χ3v) is 2.67. The standard InChI is InChI=1S/C12H9BrClN3/c13-12(15)17-11-9(5-3-7-16-11)8-4-1-2-6-10(8)14/h1-7H,(H2,15,16,17). The zero-order valence-electron chi connectivity index (χ0n) is 8.77. The van der Waals surface area contributed by atoms with Crippen LogP contribution in [0.4, 0.5) is 5.82 Å². The summed E-state index contributed by atoms with van der Waals surface area (Å²) in [5, 5.41) is 0.657. The first kappa shape index (κ1) is 12.1. The molecule has 0 saturated heterocycles. The molecule has 0 spiro atoms. The van der Waals surface area contributed by atoms with Gasteiger partial charge in [-0.05, 0) is 34.1 Å². The number of aromatic nitrogens is 1. The van der Waals surface area contributed by atoms with Gasteiger partial charge in [0.1, 0.15) is 0 Å². The summed E-state index contributed by atoms with van der Waals surface area (Å²) in [7, 11) is 0. The molecule has 0 fully saturated rings. The molecule has 0 unspecified atom stereocenters. The second-order valence-corrected chi connectivity index (χ2v) is 4.51. The summed E-state index contributed by atoms with van der Waals surface area (Å²) in [5.74, 6) is 0.537. The van der Waals surface area contributed by atoms with E-state index in [4.69, 9.17) is 17.3 Å². The number of hydrogen-bond donors (Lipinski definition) is 1. The average molecular weight is 311 g/mol. The summed E-state index contributed by atoms with van der Waals surface area (Å²) in [5.41, 5.74) is 7.23. The van der Waals surface area contributed by atoms with Crippen molar-refractivity contribution in [3.05, 3.63) is 47.6 Å². The van der Waals surface area contributed by atoms with Gasteiger partial charge in [-0.3, -0.25) is 0 Å². The van der Waals surface area contributed by atoms with Crippen molar-refractivity contribution in [2.24, 2.45) is 10.7 Å². The van der Waals surface area contributed by atoms with Crippen LogP contribution in [0.15, 0.2) is 47.6 Å². The molecule has 0 aliphatic carbocycles. The summed E-state index contributed by atoms with van der Waals surface area (Å²) in [6.07, 6.45) is 1.66. The highest BCUT2D eigenvalue weighted by atomic mass is 79.9. The molecule has 17 heavy (non-hydrogen) atoms. The predicted molar refractivity (Wildman–Crippen MR) is 74.9 cm³/mol. The van der Waals surface area contributed by atoms with Crippen LogP contribution in [-0.2, 0) is 0 Å². The van der Waals surface area contributed by atoms with E-state index in [0.717, 1.165) is 11.1 Å². The van der Waals surface area contributed by atoms with Crippen LogP contribution in [0.2, 0.25) is 5.02 Å². The highest BCUT2D eigenvalue weighted by Gasteiger charge is 2.08. The van der Waals surface area contributed by atoms with Gasteiger partial charge < -0.3 is 5.73 Å². The number of nitrogens with zero attached hydrogens (tertiary/aromatic N) is 2. The van der Waals surface area contributed by atoms with E-state index >= 15 is 0 Å². The van der Waals surface area contributed by atoms with Gasteiger partial charge >= 0.3 is 0 Å². The molecule has 86 valence electrons. The molecule has 5 heteroatoms. The Bertz CT molecular complexity index is 565. The maximum atomic E-state index is 6.15. The number of rotatable bonds is 2. The van der Waals surface area contributed by atoms with Gasteiger partial charge in [-0.25, -0.2) is 9.98 Å². The number of halogens is 2. The first-order valence-electron chi connectivity index (χ1n) is 4.88. The highest BCUT2D eigenvalue weighted by Crippen LogP contribution is 2.33. The summed E-state index contributed by atoms with van der Waals surface area (Å²) in [6, 6.07) is 11.3. The zero-order valence-corrected chi connectivity index (χ0v) is 11.1. The lowest BCUT2D eigenvalue weighted by Crippen LogP contribution is -2.00. The Balaban J connectivity index is 2.60. The molecule has 0 atom stereocenters. The second kappa shape index (κ2) is 5.29. The van der Waals surface area contributed by atoms with Gasteiger partial charge in [-0.1, -0.05) is 29.8 Å². The van der Waals surface area contributed by atoms with Crippen LogP contribution in [0.25, 0.3) is 11.1 Å². The van der Waals surface area contributed by atoms with Crippen LogP contribution >= 0.6 is 27.5 Å². The fourth-order valence-corrected chi connectivity index (χ4v) is 1.88. The van der Waals surface area contributed by atoms with E-state index in [1.807, 2.05) is 36.4 Å². The maximum absolute atomic E-state index is 6.15. The van der Waals surface area contributed by atoms with E-state index in [1.165, 1.54) is 0 Å². The van der Waals surface area contributed by atoms with Gasteiger partial charge in [0.25, 0.3) is 0 Å². The molecule has 1 aromatic heterocycles. The topological polar surface area (TPSA) is 51.3 Å². The minimum absolute atomic E-state index is 0.282. The van der Waals surface area contributed by atoms with Gasteiger partial charge in [0.05, 0.1) is 0 Å². The molecular weight excluding hydrogens is 302 g/mol. The molecule has 0 saturated carbocycles. The van der Waals surface area contributed by atoms with Crippen LogP contribution in [0.5, 0.6) is 0 Å². The second-order valence-electron chi connectivity index (χ2n) is 3.29. The van der Waals surface area contributed by atoms with E-state index in [2.05, 4.69) is 25.9 Å². The minimum atomic E-state index is 0.282. The van der Waals surface area contributed by atoms with Crippen molar-refractivity contribution in [1.82, 2.24) is 4.98 Å². The van der Waals surface area contributed by atoms with E-state index in [1.54, 1.807) is 6.20 Å². The minimum Gasteiger partial charge on any atom is -0.378 e. The van der Waals surface area contributed by atoms with E-state index < -0.39 is 0 Å². The first-order chi connectivity index (χ1) is 8.18. The number of nitrogens with two attached hydrogens (primary N) is 1. The lowest BCUT2D eigenvalue weighted by molar-refractivity contribution is 1.27. The molecule has 2 aromatic rings. The normalized spacial score (nSPS) is 11.5. The number of hydrogen-bond acceptors (Lipinski definition) is 2. The smallest absolute Gasteiger partial charge is 0.169 e. The lowest BCUT2D eigenvalue weighted by atomic mass is 10.1. The molecule has 0 bridgehead atoms. The number of amidine groups is 1. The fraction of sp³-hybridized carbons (Fsp3) is 0. The predicted octanol–water partition coefficient (Wildman–Crippen LogP) is 3.74. The van der Waals surface area contributed by atoms with Gasteiger partial charge in [0, 0.05) is 22.3 Å². The molecule has 1 aromatic carbocycles. The Morgan fingerprint density at radius 1 is 1.18 bits per heavy atom. The zero-order chi connectivity index (χ0) is 12.3. The van der Waals surface area contributed by atoms with Crippen LogP contribution in [0.1, 0.15) is 0 Å². The number of aliphatic imine (C=N–C) groups is 1. The lowest BCUT2D eigenvalue weighted by Gasteiger charge is -2.06. The molecule has 0 aliphatic heterocycles. The van der Waals surface area contributed by atoms with E-state index in [9.17, 15) is 0 Å². The molecule has 0 radical (unpaired) electrons. The third kappa shape index (κ3) is 2.84. The molecule has 2 rings (SSSR count). The Kier molecular flexibility index (Phi) is 3.76. The van der Waals surface area contributed by atoms with Crippen LogP contribution in [-0.4, -0.2) is 9.73 Å². The van der Waals surface area contributed by atoms with E-state index in [0.29, 0.717) is 10.8 Å². The van der Waals surface area contributed by atoms with Crippen LogP contribution in [0.3, 0.4) is 0 Å². The molecule has 3 nitrogen and oxygen atoms in total. The van der Waals surface area contributed by atoms with Crippen molar-refractivity contribution in [2.45, 2.75) is 0 Å². The Morgan fingerprint density at radius 2 is 1.88 bits per heavy atom. The first-order valence-corrected chi connectivity index (χ1v) is 6.05. The number of pyridine rings is 1. The highest BCUT2D eigenvalue weighted by molar-refractivity contribution is 9.18. The van der Waals surface area contributed by atoms with Gasteiger partial charge in [0.2, 0.25) is 0 Å². The summed E-state index contributed by atoms with van der Waals surface area (Å²) >= 11 is 9.24. The summed E-state index contributed by atoms with van der Waals surface area (Å²) in [6.45, 7) is 0. The van der Waals surface area contributed by atoms with Crippen LogP contribution < -0.4 is 5.73 Å². The molecule has 0 amide bonds. The van der Waals surface area contributed by atoms with Gasteiger partial charge in [-0.2, -0.15) is 0 Å². The van der Waals surface area contributed by atoms with Crippen molar-refractivity contribution in [1.29, 1.82) is 0 Å². The van der Waals surface area contributed by atoms with Crippen molar-refractivity contribution >= 4 is 38.1 Å². The molecule has 2 N–H and O–H groups in total. The van der Waals surface area contributed by atoms with Crippen molar-refractivity contribution in [2.75, 3.05) is 0 Å². The Hall–Kier alpha value is -1.39. The monoisotopic (exact) mass is 309 g/mol. The largest absolute Gasteiger partial charge is 0.378 e. The maximum Gasteiger partial charge on any atom is 0.169 e. The summed E-state index contributed by atoms with van der Waals surface area (Å²) in [4.78, 5) is 8.30. The Labute approximate surface area is 112 Å². The van der Waals surface area contributed by atoms with Crippen molar-refractivity contribution in [3.63, 3.8) is 0 Å². The van der Waals surface area contributed by atoms with Crippen molar-refractivity contribution < 1.29 is 0 Å². The molecule has 0 aliphatic rings. The summed E-state index contributed by atoms with van der Waals surface area (Å²) < 4.78 is 0.282. The number of benzene rings is 1. The SMILES string of the molecule is N/C(Br)=N\c1ncccc1-c1ccccc1Cl. The van der Waals surface area contributed by atoms with Gasteiger partial charge in [-0.15, -0.1) is 0 Å². The molecular formula is C12H9BrClN3. The quantitative estimate of drug-likeness (QED) is 0.522. The van der Waals surface area contributed by atoms with Gasteiger partial charge in [0.15, 0.2) is 10.6 Å². The van der Waals surface area contributed by atoms with Crippen molar-refractivity contribution in [3.8, 4) is 11.1 Å². The average Bonchev–Trinajstić information content (AvgIpc) is 2.30. The Morgan fingerprint density at radius 3 is 2.59 bits per heavy atom. The van der Waals surface area contributed by atoms with Crippen LogP contribution in [0, 0.1) is 0 Å². The third-order valence-electron chi connectivity index (χ3n) is 2.16. The fourth-order valence-electron chi connectivity index (χ4n) is 1.48. The van der Waals surface area contributed by atoms with E-state index in [-0.39, 0.29) is 4.74 Å².